The molecule has 0 aromatic carbocycles. The monoisotopic (exact) mass is 546 g/mol. The molecular weight excluding hydrogens is 526 g/mol. The van der Waals surface area contributed by atoms with Gasteiger partial charge in [-0.05, 0) is 0 Å². The number of rotatable bonds is 3. The second-order valence-corrected chi connectivity index (χ2v) is 7.29. The Bertz CT molecular complexity index is 337. The highest BCUT2D eigenvalue weighted by molar-refractivity contribution is 14.1. The minimum atomic E-state index is -1.48. The van der Waals surface area contributed by atoms with Crippen molar-refractivity contribution >= 4 is 45.2 Å². The molecule has 0 spiro atoms. The zero-order valence-corrected chi connectivity index (χ0v) is 15.8. The molecule has 2 heterocycles. The van der Waals surface area contributed by atoms with E-state index in [9.17, 15) is 30.6 Å². The van der Waals surface area contributed by atoms with Crippen LogP contribution in [-0.4, -0.2) is 101 Å². The molecule has 0 aromatic rings. The van der Waals surface area contributed by atoms with Crippen LogP contribution in [0.5, 0.6) is 0 Å². The van der Waals surface area contributed by atoms with E-state index in [1.165, 1.54) is 0 Å². The zero-order valence-electron chi connectivity index (χ0n) is 11.4. The highest BCUT2D eigenvalue weighted by Gasteiger charge is 2.53. The predicted octanol–water partition coefficient (Wildman–Crippen LogP) is -2.44. The maximum atomic E-state index is 10.1. The number of halogens is 2. The van der Waals surface area contributed by atoms with Gasteiger partial charge >= 0.3 is 0 Å². The Morgan fingerprint density at radius 1 is 0.545 bits per heavy atom. The van der Waals surface area contributed by atoms with E-state index in [4.69, 9.17) is 9.47 Å². The van der Waals surface area contributed by atoms with Crippen molar-refractivity contribution in [2.45, 2.75) is 61.0 Å². The summed E-state index contributed by atoms with van der Waals surface area (Å²) in [4.78, 5) is 0. The van der Waals surface area contributed by atoms with Crippen molar-refractivity contribution in [3.8, 4) is 0 Å². The van der Waals surface area contributed by atoms with Gasteiger partial charge in [-0.3, -0.25) is 0 Å². The molecule has 0 radical (unpaired) electrons. The van der Waals surface area contributed by atoms with E-state index in [0.29, 0.717) is 8.86 Å². The van der Waals surface area contributed by atoms with Crippen molar-refractivity contribution in [3.05, 3.63) is 0 Å². The minimum Gasteiger partial charge on any atom is -0.388 e. The average molecular weight is 546 g/mol. The Balaban J connectivity index is 2.21. The molecule has 8 nitrogen and oxygen atoms in total. The summed E-state index contributed by atoms with van der Waals surface area (Å²) in [7, 11) is 0. The molecule has 2 fully saturated rings. The first-order valence-corrected chi connectivity index (χ1v) is 9.89. The Morgan fingerprint density at radius 2 is 0.864 bits per heavy atom. The molecule has 0 amide bonds. The SMILES string of the molecule is O[C@@H]1[C@@H](O)[C@@H](C2O[C@H](CI)[C@@H](O)[C@H](O)[C@H]2O)O[C@H](CI)[C@H]1O. The largest absolute Gasteiger partial charge is 0.388 e. The molecule has 2 aliphatic rings. The van der Waals surface area contributed by atoms with Gasteiger partial charge in [0.1, 0.15) is 48.8 Å². The van der Waals surface area contributed by atoms with Crippen molar-refractivity contribution in [3.63, 3.8) is 0 Å². The molecule has 2 aliphatic heterocycles. The molecule has 10 atom stereocenters. The van der Waals surface area contributed by atoms with Crippen LogP contribution in [0.3, 0.4) is 0 Å². The molecule has 1 unspecified atom stereocenters. The van der Waals surface area contributed by atoms with Gasteiger partial charge in [0.15, 0.2) is 0 Å². The lowest BCUT2D eigenvalue weighted by atomic mass is 9.86. The van der Waals surface area contributed by atoms with Crippen molar-refractivity contribution in [2.75, 3.05) is 8.86 Å². The molecule has 0 aromatic heterocycles. The lowest BCUT2D eigenvalue weighted by Crippen LogP contribution is -2.68. The number of alkyl halides is 2. The van der Waals surface area contributed by atoms with Gasteiger partial charge in [-0.2, -0.15) is 0 Å². The van der Waals surface area contributed by atoms with Crippen LogP contribution in [0.4, 0.5) is 0 Å². The average Bonchev–Trinajstić information content (AvgIpc) is 2.52. The summed E-state index contributed by atoms with van der Waals surface area (Å²) in [5, 5.41) is 59.8. The van der Waals surface area contributed by atoms with Crippen molar-refractivity contribution in [2.24, 2.45) is 0 Å². The lowest BCUT2D eigenvalue weighted by molar-refractivity contribution is -0.291. The molecule has 0 aliphatic carbocycles. The van der Waals surface area contributed by atoms with Crippen LogP contribution in [0.15, 0.2) is 0 Å². The standard InChI is InChI=1S/C12H20I2O8/c13-1-3-5(15)7(17)9(19)11(21-3)12-10(20)8(18)6(16)4(2-14)22-12/h3-12,15-20H,1-2H2/t3-,4-,5-,6-,7+,8+,9-,10-,11+,12?/m1/s1. The van der Waals surface area contributed by atoms with Gasteiger partial charge in [0.25, 0.3) is 0 Å². The van der Waals surface area contributed by atoms with E-state index in [1.54, 1.807) is 0 Å². The van der Waals surface area contributed by atoms with Gasteiger partial charge in [0.2, 0.25) is 0 Å². The molecule has 130 valence electrons. The van der Waals surface area contributed by atoms with Gasteiger partial charge in [-0.15, -0.1) is 0 Å². The van der Waals surface area contributed by atoms with Gasteiger partial charge in [0, 0.05) is 8.86 Å². The van der Waals surface area contributed by atoms with Gasteiger partial charge in [-0.25, -0.2) is 0 Å². The normalized spacial score (nSPS) is 53.5. The first-order valence-electron chi connectivity index (χ1n) is 6.84. The van der Waals surface area contributed by atoms with Crippen molar-refractivity contribution in [1.29, 1.82) is 0 Å². The molecule has 2 saturated heterocycles. The van der Waals surface area contributed by atoms with E-state index in [1.807, 2.05) is 45.2 Å². The first-order chi connectivity index (χ1) is 10.3. The maximum Gasteiger partial charge on any atom is 0.115 e. The molecular formula is C12H20I2O8. The van der Waals surface area contributed by atoms with Crippen LogP contribution < -0.4 is 0 Å². The van der Waals surface area contributed by atoms with Gasteiger partial charge in [-0.1, -0.05) is 45.2 Å². The molecule has 0 bridgehead atoms. The van der Waals surface area contributed by atoms with E-state index >= 15 is 0 Å². The quantitative estimate of drug-likeness (QED) is 0.170. The Labute approximate surface area is 154 Å². The third-order valence-electron chi connectivity index (χ3n) is 4.13. The second kappa shape index (κ2) is 8.01. The fourth-order valence-corrected chi connectivity index (χ4v) is 4.21. The Kier molecular flexibility index (Phi) is 7.09. The van der Waals surface area contributed by atoms with Crippen LogP contribution in [0.1, 0.15) is 0 Å². The molecule has 2 rings (SSSR count). The summed E-state index contributed by atoms with van der Waals surface area (Å²) in [6.45, 7) is 0. The van der Waals surface area contributed by atoms with E-state index in [-0.39, 0.29) is 0 Å². The Morgan fingerprint density at radius 3 is 1.14 bits per heavy atom. The topological polar surface area (TPSA) is 140 Å². The Hall–Kier alpha value is 1.14. The third-order valence-corrected chi connectivity index (χ3v) is 5.86. The van der Waals surface area contributed by atoms with Gasteiger partial charge < -0.3 is 40.1 Å². The van der Waals surface area contributed by atoms with Crippen LogP contribution in [0, 0.1) is 0 Å². The van der Waals surface area contributed by atoms with Crippen molar-refractivity contribution < 1.29 is 40.1 Å². The fraction of sp³-hybridized carbons (Fsp3) is 1.00. The van der Waals surface area contributed by atoms with E-state index < -0.39 is 61.0 Å². The van der Waals surface area contributed by atoms with Crippen LogP contribution in [0.2, 0.25) is 0 Å². The fourth-order valence-electron chi connectivity index (χ4n) is 2.76. The number of aliphatic hydroxyl groups is 6. The van der Waals surface area contributed by atoms with Crippen LogP contribution in [-0.2, 0) is 9.47 Å². The van der Waals surface area contributed by atoms with E-state index in [2.05, 4.69) is 0 Å². The second-order valence-electron chi connectivity index (χ2n) is 5.53. The number of ether oxygens (including phenoxy) is 2. The smallest absolute Gasteiger partial charge is 0.115 e. The number of hydrogen-bond donors (Lipinski definition) is 6. The summed E-state index contributed by atoms with van der Waals surface area (Å²) < 4.78 is 11.9. The first kappa shape index (κ1) is 19.5. The third kappa shape index (κ3) is 3.55. The summed E-state index contributed by atoms with van der Waals surface area (Å²) in [6.07, 6.45) is -12.1. The summed E-state index contributed by atoms with van der Waals surface area (Å²) in [6, 6.07) is 0. The summed E-state index contributed by atoms with van der Waals surface area (Å²) in [5.41, 5.74) is 0. The van der Waals surface area contributed by atoms with Crippen molar-refractivity contribution in [1.82, 2.24) is 0 Å². The number of hydrogen-bond acceptors (Lipinski definition) is 8. The van der Waals surface area contributed by atoms with Crippen LogP contribution >= 0.6 is 45.2 Å². The zero-order chi connectivity index (χ0) is 16.6. The minimum absolute atomic E-state index is 0.364. The molecule has 0 saturated carbocycles. The van der Waals surface area contributed by atoms with E-state index in [0.717, 1.165) is 0 Å². The summed E-state index contributed by atoms with van der Waals surface area (Å²) >= 11 is 3.94. The number of aliphatic hydroxyl groups excluding tert-OH is 6. The molecule has 6 N–H and O–H groups in total. The highest BCUT2D eigenvalue weighted by atomic mass is 127. The molecule has 10 heteroatoms. The predicted molar refractivity (Wildman–Crippen MR) is 91.1 cm³/mol. The van der Waals surface area contributed by atoms with Gasteiger partial charge in [0.05, 0.1) is 12.2 Å². The maximum absolute atomic E-state index is 10.1. The summed E-state index contributed by atoms with van der Waals surface area (Å²) in [5.74, 6) is 0. The lowest BCUT2D eigenvalue weighted by Gasteiger charge is -2.48. The van der Waals surface area contributed by atoms with Crippen LogP contribution in [0.25, 0.3) is 0 Å². The molecule has 22 heavy (non-hydrogen) atoms. The highest BCUT2D eigenvalue weighted by Crippen LogP contribution is 2.32.